The molecule has 0 aliphatic carbocycles. The number of nitrogens with two attached hydrogens (primary N) is 1. The van der Waals surface area contributed by atoms with Gasteiger partial charge in [-0.1, -0.05) is 0 Å². The standard InChI is InChI=1S/C17H28N6O6S/c1-9(24)14(17(29)20-7-13(25)26)23-16(28)12(5-10-6-19-8-21-10)22-15(27)11(18)3-4-30-2/h6,8-9,11-12,14,24H,3-5,7,18H2,1-2H3,(H,19,21)(H,20,29)(H,22,27)(H,23,28)(H,25,26). The monoisotopic (exact) mass is 444 g/mol. The van der Waals surface area contributed by atoms with Crippen molar-refractivity contribution < 1.29 is 29.4 Å². The topological polar surface area (TPSA) is 200 Å². The number of aliphatic carboxylic acids is 1. The molecule has 168 valence electrons. The number of amides is 3. The molecular formula is C17H28N6O6S. The van der Waals surface area contributed by atoms with Crippen molar-refractivity contribution in [1.82, 2.24) is 25.9 Å². The molecule has 0 aromatic carbocycles. The smallest absolute Gasteiger partial charge is 0.322 e. The first kappa shape index (κ1) is 25.4. The second-order valence-corrected chi connectivity index (χ2v) is 7.55. The van der Waals surface area contributed by atoms with Crippen molar-refractivity contribution in [2.45, 2.75) is 44.0 Å². The molecule has 1 rings (SSSR count). The largest absolute Gasteiger partial charge is 0.480 e. The number of nitrogens with one attached hydrogen (secondary N) is 4. The summed E-state index contributed by atoms with van der Waals surface area (Å²) in [5.74, 6) is -2.76. The fourth-order valence-electron chi connectivity index (χ4n) is 2.41. The summed E-state index contributed by atoms with van der Waals surface area (Å²) in [7, 11) is 0. The molecule has 0 fully saturated rings. The average molecular weight is 445 g/mol. The molecule has 1 heterocycles. The minimum Gasteiger partial charge on any atom is -0.480 e. The average Bonchev–Trinajstić information content (AvgIpc) is 3.20. The zero-order chi connectivity index (χ0) is 22.7. The molecule has 13 heteroatoms. The molecule has 0 radical (unpaired) electrons. The summed E-state index contributed by atoms with van der Waals surface area (Å²) in [6, 6.07) is -3.34. The number of carboxylic acid groups (broad SMARTS) is 1. The normalized spacial score (nSPS) is 14.8. The van der Waals surface area contributed by atoms with Gasteiger partial charge in [-0.05, 0) is 25.4 Å². The predicted octanol–water partition coefficient (Wildman–Crippen LogP) is -2.42. The fraction of sp³-hybridized carbons (Fsp3) is 0.588. The van der Waals surface area contributed by atoms with Crippen LogP contribution in [0.4, 0.5) is 0 Å². The van der Waals surface area contributed by atoms with Crippen molar-refractivity contribution in [2.75, 3.05) is 18.6 Å². The van der Waals surface area contributed by atoms with Crippen LogP contribution in [0.25, 0.3) is 0 Å². The number of aliphatic hydroxyl groups excluding tert-OH is 1. The van der Waals surface area contributed by atoms with Crippen LogP contribution >= 0.6 is 11.8 Å². The molecule has 4 atom stereocenters. The first-order valence-corrected chi connectivity index (χ1v) is 10.5. The molecule has 1 aromatic heterocycles. The Labute approximate surface area is 177 Å². The Balaban J connectivity index is 2.89. The van der Waals surface area contributed by atoms with E-state index in [-0.39, 0.29) is 6.42 Å². The SMILES string of the molecule is CSCCC(N)C(=O)NC(Cc1cnc[nH]1)C(=O)NC(C(=O)NCC(=O)O)C(C)O. The lowest BCUT2D eigenvalue weighted by atomic mass is 10.1. The van der Waals surface area contributed by atoms with Crippen LogP contribution in [0, 0.1) is 0 Å². The molecule has 3 amide bonds. The van der Waals surface area contributed by atoms with Crippen molar-refractivity contribution in [3.05, 3.63) is 18.2 Å². The zero-order valence-electron chi connectivity index (χ0n) is 16.8. The zero-order valence-corrected chi connectivity index (χ0v) is 17.6. The predicted molar refractivity (Wildman–Crippen MR) is 109 cm³/mol. The number of carbonyl (C=O) groups excluding carboxylic acids is 3. The number of carbonyl (C=O) groups is 4. The Kier molecular flexibility index (Phi) is 10.9. The van der Waals surface area contributed by atoms with Gasteiger partial charge in [0.15, 0.2) is 0 Å². The summed E-state index contributed by atoms with van der Waals surface area (Å²) in [6.45, 7) is 0.600. The molecule has 1 aromatic rings. The van der Waals surface area contributed by atoms with Gasteiger partial charge in [-0.3, -0.25) is 19.2 Å². The number of carboxylic acids is 1. The Morgan fingerprint density at radius 2 is 1.93 bits per heavy atom. The number of aromatic amines is 1. The second kappa shape index (κ2) is 12.8. The van der Waals surface area contributed by atoms with Crippen LogP contribution in [-0.2, 0) is 25.6 Å². The minimum atomic E-state index is -1.41. The molecule has 0 saturated heterocycles. The van der Waals surface area contributed by atoms with Crippen molar-refractivity contribution in [3.63, 3.8) is 0 Å². The number of hydrogen-bond donors (Lipinski definition) is 7. The van der Waals surface area contributed by atoms with Crippen LogP contribution in [0.1, 0.15) is 19.0 Å². The van der Waals surface area contributed by atoms with E-state index in [9.17, 15) is 24.3 Å². The van der Waals surface area contributed by atoms with E-state index < -0.39 is 54.5 Å². The van der Waals surface area contributed by atoms with E-state index in [2.05, 4.69) is 25.9 Å². The molecule has 0 saturated carbocycles. The Bertz CT molecular complexity index is 714. The van der Waals surface area contributed by atoms with Gasteiger partial charge in [-0.15, -0.1) is 0 Å². The van der Waals surface area contributed by atoms with Gasteiger partial charge in [-0.2, -0.15) is 11.8 Å². The van der Waals surface area contributed by atoms with Crippen molar-refractivity contribution in [2.24, 2.45) is 5.73 Å². The number of H-pyrrole nitrogens is 1. The van der Waals surface area contributed by atoms with Crippen LogP contribution in [0.3, 0.4) is 0 Å². The van der Waals surface area contributed by atoms with E-state index in [0.717, 1.165) is 0 Å². The summed E-state index contributed by atoms with van der Waals surface area (Å²) in [5, 5.41) is 25.5. The maximum Gasteiger partial charge on any atom is 0.322 e. The number of hydrogen-bond acceptors (Lipinski definition) is 8. The first-order chi connectivity index (χ1) is 14.1. The maximum absolute atomic E-state index is 12.8. The maximum atomic E-state index is 12.8. The van der Waals surface area contributed by atoms with Crippen molar-refractivity contribution in [1.29, 1.82) is 0 Å². The van der Waals surface area contributed by atoms with E-state index in [1.54, 1.807) is 0 Å². The molecule has 0 spiro atoms. The highest BCUT2D eigenvalue weighted by Crippen LogP contribution is 2.04. The Morgan fingerprint density at radius 3 is 2.47 bits per heavy atom. The van der Waals surface area contributed by atoms with E-state index in [0.29, 0.717) is 17.9 Å². The molecule has 0 aliphatic rings. The third-order valence-corrected chi connectivity index (χ3v) is 4.70. The highest BCUT2D eigenvalue weighted by Gasteiger charge is 2.31. The van der Waals surface area contributed by atoms with Crippen LogP contribution in [0.2, 0.25) is 0 Å². The third kappa shape index (κ3) is 8.80. The number of rotatable bonds is 13. The molecule has 12 nitrogen and oxygen atoms in total. The lowest BCUT2D eigenvalue weighted by molar-refractivity contribution is -0.139. The minimum absolute atomic E-state index is 0.0378. The quantitative estimate of drug-likeness (QED) is 0.173. The highest BCUT2D eigenvalue weighted by molar-refractivity contribution is 7.98. The molecule has 8 N–H and O–H groups in total. The summed E-state index contributed by atoms with van der Waals surface area (Å²) in [4.78, 5) is 54.6. The van der Waals surface area contributed by atoms with E-state index in [1.165, 1.54) is 31.2 Å². The van der Waals surface area contributed by atoms with Gasteiger partial charge in [0, 0.05) is 18.3 Å². The highest BCUT2D eigenvalue weighted by atomic mass is 32.2. The first-order valence-electron chi connectivity index (χ1n) is 9.15. The number of imidazole rings is 1. The van der Waals surface area contributed by atoms with Crippen LogP contribution in [0.5, 0.6) is 0 Å². The summed E-state index contributed by atoms with van der Waals surface area (Å²) in [6.07, 6.45) is 3.91. The molecule has 30 heavy (non-hydrogen) atoms. The second-order valence-electron chi connectivity index (χ2n) is 6.57. The number of thioether (sulfide) groups is 1. The third-order valence-electron chi connectivity index (χ3n) is 4.06. The van der Waals surface area contributed by atoms with Crippen molar-refractivity contribution >= 4 is 35.5 Å². The lowest BCUT2D eigenvalue weighted by Gasteiger charge is -2.25. The fourth-order valence-corrected chi connectivity index (χ4v) is 2.90. The van der Waals surface area contributed by atoms with E-state index in [1.807, 2.05) is 6.26 Å². The van der Waals surface area contributed by atoms with Crippen molar-refractivity contribution in [3.8, 4) is 0 Å². The van der Waals surface area contributed by atoms with Gasteiger partial charge >= 0.3 is 5.97 Å². The molecular weight excluding hydrogens is 416 g/mol. The molecule has 4 unspecified atom stereocenters. The summed E-state index contributed by atoms with van der Waals surface area (Å²) >= 11 is 1.53. The van der Waals surface area contributed by atoms with Gasteiger partial charge < -0.3 is 36.9 Å². The lowest BCUT2D eigenvalue weighted by Crippen LogP contribution is -2.59. The summed E-state index contributed by atoms with van der Waals surface area (Å²) < 4.78 is 0. The van der Waals surface area contributed by atoms with Gasteiger partial charge in [0.1, 0.15) is 18.6 Å². The molecule has 0 aliphatic heterocycles. The van der Waals surface area contributed by atoms with Gasteiger partial charge in [0.25, 0.3) is 0 Å². The number of aromatic nitrogens is 2. The Hall–Kier alpha value is -2.64. The summed E-state index contributed by atoms with van der Waals surface area (Å²) in [5.41, 5.74) is 6.41. The van der Waals surface area contributed by atoms with Gasteiger partial charge in [-0.25, -0.2) is 4.98 Å². The van der Waals surface area contributed by atoms with E-state index >= 15 is 0 Å². The van der Waals surface area contributed by atoms with Crippen LogP contribution in [0.15, 0.2) is 12.5 Å². The number of nitrogens with zero attached hydrogens (tertiary/aromatic N) is 1. The van der Waals surface area contributed by atoms with Gasteiger partial charge in [0.05, 0.1) is 18.5 Å². The van der Waals surface area contributed by atoms with Crippen LogP contribution < -0.4 is 21.7 Å². The Morgan fingerprint density at radius 1 is 1.23 bits per heavy atom. The van der Waals surface area contributed by atoms with Gasteiger partial charge in [0.2, 0.25) is 17.7 Å². The van der Waals surface area contributed by atoms with Crippen LogP contribution in [-0.4, -0.2) is 86.7 Å². The van der Waals surface area contributed by atoms with E-state index in [4.69, 9.17) is 10.8 Å². The number of aliphatic hydroxyl groups is 1. The molecule has 0 bridgehead atoms.